The molecule has 0 unspecified atom stereocenters. The van der Waals surface area contributed by atoms with Crippen LogP contribution in [0.1, 0.15) is 20.3 Å². The Bertz CT molecular complexity index is 208. The van der Waals surface area contributed by atoms with Crippen molar-refractivity contribution in [3.63, 3.8) is 0 Å². The lowest BCUT2D eigenvalue weighted by atomic mass is 10.4. The van der Waals surface area contributed by atoms with Gasteiger partial charge in [0.1, 0.15) is 11.7 Å². The third-order valence-electron chi connectivity index (χ3n) is 0.785. The molecule has 0 N–H and O–H groups in total. The van der Waals surface area contributed by atoms with Gasteiger partial charge in [0.2, 0.25) is 0 Å². The smallest absolute Gasteiger partial charge is 0.212 e. The van der Waals surface area contributed by atoms with Gasteiger partial charge in [0.25, 0.3) is 0 Å². The standard InChI is InChI=1S/2C4H4F4.CH4/c2*1-3(5)2-4(6,7)8;/h2*1-2H2;1H4. The van der Waals surface area contributed by atoms with Gasteiger partial charge in [-0.15, -0.1) is 0 Å². The Kier molecular flexibility index (Phi) is 10.1. The van der Waals surface area contributed by atoms with Crippen LogP contribution in [0.3, 0.4) is 0 Å². The summed E-state index contributed by atoms with van der Waals surface area (Å²) in [5.41, 5.74) is 0. The third-order valence-corrected chi connectivity index (χ3v) is 0.785. The van der Waals surface area contributed by atoms with Gasteiger partial charge in [-0.05, 0) is 0 Å². The fraction of sp³-hybridized carbons (Fsp3) is 0.556. The summed E-state index contributed by atoms with van der Waals surface area (Å²) < 4.78 is 88.6. The van der Waals surface area contributed by atoms with E-state index in [1.165, 1.54) is 0 Å². The molecular formula is C9H12F8. The van der Waals surface area contributed by atoms with Crippen molar-refractivity contribution < 1.29 is 35.1 Å². The number of halogens is 8. The molecule has 0 aliphatic carbocycles. The molecule has 0 radical (unpaired) electrons. The second kappa shape index (κ2) is 8.08. The van der Waals surface area contributed by atoms with Crippen molar-refractivity contribution in [2.45, 2.75) is 32.6 Å². The predicted octanol–water partition coefficient (Wildman–Crippen LogP) is 5.48. The Labute approximate surface area is 93.6 Å². The minimum Gasteiger partial charge on any atom is -0.212 e. The van der Waals surface area contributed by atoms with Crippen molar-refractivity contribution in [3.05, 3.63) is 24.8 Å². The SMILES string of the molecule is C.C=C(F)CC(F)(F)F.C=C(F)CC(F)(F)F. The molecule has 0 bridgehead atoms. The zero-order chi connectivity index (χ0) is 13.6. The minimum absolute atomic E-state index is 0. The van der Waals surface area contributed by atoms with E-state index in [0.29, 0.717) is 0 Å². The van der Waals surface area contributed by atoms with Crippen LogP contribution >= 0.6 is 0 Å². The molecule has 0 aliphatic rings. The van der Waals surface area contributed by atoms with Crippen LogP contribution in [0.5, 0.6) is 0 Å². The number of hydrogen-bond acceptors (Lipinski definition) is 0. The average Bonchev–Trinajstić information content (AvgIpc) is 1.72. The van der Waals surface area contributed by atoms with Crippen LogP contribution in [-0.2, 0) is 0 Å². The first-order valence-electron chi connectivity index (χ1n) is 3.63. The van der Waals surface area contributed by atoms with E-state index < -0.39 is 36.8 Å². The van der Waals surface area contributed by atoms with E-state index in [9.17, 15) is 35.1 Å². The van der Waals surface area contributed by atoms with Crippen LogP contribution in [0.2, 0.25) is 0 Å². The molecule has 0 aromatic heterocycles. The first kappa shape index (κ1) is 21.2. The summed E-state index contributed by atoms with van der Waals surface area (Å²) in [6.45, 7) is 4.91. The summed E-state index contributed by atoms with van der Waals surface area (Å²) in [7, 11) is 0. The molecule has 0 rings (SSSR count). The number of rotatable bonds is 2. The van der Waals surface area contributed by atoms with E-state index in [-0.39, 0.29) is 7.43 Å². The van der Waals surface area contributed by atoms with E-state index >= 15 is 0 Å². The second-order valence-corrected chi connectivity index (χ2v) is 2.62. The maximum absolute atomic E-state index is 11.3. The summed E-state index contributed by atoms with van der Waals surface area (Å²) in [6, 6.07) is 0. The topological polar surface area (TPSA) is 0 Å². The minimum atomic E-state index is -4.45. The molecule has 0 saturated carbocycles. The highest BCUT2D eigenvalue weighted by atomic mass is 19.4. The maximum atomic E-state index is 11.3. The van der Waals surface area contributed by atoms with Gasteiger partial charge in [0.15, 0.2) is 0 Å². The van der Waals surface area contributed by atoms with E-state index in [1.807, 2.05) is 0 Å². The van der Waals surface area contributed by atoms with E-state index in [1.54, 1.807) is 0 Å². The molecule has 0 atom stereocenters. The summed E-state index contributed by atoms with van der Waals surface area (Å²) in [5.74, 6) is -2.70. The van der Waals surface area contributed by atoms with Gasteiger partial charge >= 0.3 is 12.4 Å². The van der Waals surface area contributed by atoms with Crippen molar-refractivity contribution >= 4 is 0 Å². The molecule has 0 spiro atoms. The van der Waals surface area contributed by atoms with Crippen molar-refractivity contribution in [2.24, 2.45) is 0 Å². The molecule has 0 amide bonds. The summed E-state index contributed by atoms with van der Waals surface area (Å²) in [6.07, 6.45) is -12.0. The van der Waals surface area contributed by atoms with Gasteiger partial charge in [-0.3, -0.25) is 0 Å². The van der Waals surface area contributed by atoms with Gasteiger partial charge in [-0.2, -0.15) is 26.3 Å². The Balaban J connectivity index is -0.000000218. The summed E-state index contributed by atoms with van der Waals surface area (Å²) >= 11 is 0. The highest BCUT2D eigenvalue weighted by Gasteiger charge is 2.28. The van der Waals surface area contributed by atoms with Crippen LogP contribution in [-0.4, -0.2) is 12.4 Å². The van der Waals surface area contributed by atoms with Crippen LogP contribution < -0.4 is 0 Å². The monoisotopic (exact) mass is 272 g/mol. The molecule has 17 heavy (non-hydrogen) atoms. The largest absolute Gasteiger partial charge is 0.395 e. The molecule has 104 valence electrons. The predicted molar refractivity (Wildman–Crippen MR) is 48.6 cm³/mol. The second-order valence-electron chi connectivity index (χ2n) is 2.62. The van der Waals surface area contributed by atoms with Gasteiger partial charge in [-0.25, -0.2) is 8.78 Å². The van der Waals surface area contributed by atoms with Crippen molar-refractivity contribution in [1.29, 1.82) is 0 Å². The summed E-state index contributed by atoms with van der Waals surface area (Å²) in [5, 5.41) is 0. The lowest BCUT2D eigenvalue weighted by Crippen LogP contribution is -2.05. The number of alkyl halides is 6. The molecule has 0 saturated heterocycles. The molecule has 0 aromatic rings. The van der Waals surface area contributed by atoms with Crippen LogP contribution in [0, 0.1) is 0 Å². The summed E-state index contributed by atoms with van der Waals surface area (Å²) in [4.78, 5) is 0. The van der Waals surface area contributed by atoms with Crippen molar-refractivity contribution in [3.8, 4) is 0 Å². The Morgan fingerprint density at radius 1 is 0.706 bits per heavy atom. The highest BCUT2D eigenvalue weighted by Crippen LogP contribution is 2.24. The molecule has 0 heterocycles. The van der Waals surface area contributed by atoms with E-state index in [0.717, 1.165) is 0 Å². The molecule has 0 aromatic carbocycles. The van der Waals surface area contributed by atoms with Crippen molar-refractivity contribution in [2.75, 3.05) is 0 Å². The fourth-order valence-corrected chi connectivity index (χ4v) is 0.435. The zero-order valence-corrected chi connectivity index (χ0v) is 7.85. The van der Waals surface area contributed by atoms with Gasteiger partial charge in [-0.1, -0.05) is 20.6 Å². The molecule has 0 aliphatic heterocycles. The third kappa shape index (κ3) is 31.3. The maximum Gasteiger partial charge on any atom is 0.395 e. The van der Waals surface area contributed by atoms with Gasteiger partial charge < -0.3 is 0 Å². The lowest BCUT2D eigenvalue weighted by molar-refractivity contribution is -0.130. The first-order chi connectivity index (χ1) is 6.83. The molecule has 0 nitrogen and oxygen atoms in total. The average molecular weight is 272 g/mol. The fourth-order valence-electron chi connectivity index (χ4n) is 0.435. The van der Waals surface area contributed by atoms with Crippen LogP contribution in [0.15, 0.2) is 24.8 Å². The molecule has 8 heteroatoms. The number of allylic oxidation sites excluding steroid dienone is 2. The number of hydrogen-bond donors (Lipinski definition) is 0. The van der Waals surface area contributed by atoms with Gasteiger partial charge in [0, 0.05) is 0 Å². The normalized spacial score (nSPS) is 10.8. The Morgan fingerprint density at radius 2 is 0.882 bits per heavy atom. The van der Waals surface area contributed by atoms with E-state index in [4.69, 9.17) is 0 Å². The zero-order valence-electron chi connectivity index (χ0n) is 7.85. The quantitative estimate of drug-likeness (QED) is 0.584. The van der Waals surface area contributed by atoms with Crippen molar-refractivity contribution in [1.82, 2.24) is 0 Å². The van der Waals surface area contributed by atoms with Crippen LogP contribution in [0.4, 0.5) is 35.1 Å². The van der Waals surface area contributed by atoms with Gasteiger partial charge in [0.05, 0.1) is 12.8 Å². The highest BCUT2D eigenvalue weighted by molar-refractivity contribution is 4.83. The first-order valence-corrected chi connectivity index (χ1v) is 3.63. The van der Waals surface area contributed by atoms with E-state index in [2.05, 4.69) is 13.2 Å². The Hall–Kier alpha value is -1.08. The molecular weight excluding hydrogens is 260 g/mol. The lowest BCUT2D eigenvalue weighted by Gasteiger charge is -2.00. The Morgan fingerprint density at radius 3 is 0.882 bits per heavy atom. The van der Waals surface area contributed by atoms with Crippen LogP contribution in [0.25, 0.3) is 0 Å². The molecule has 0 fully saturated rings.